The van der Waals surface area contributed by atoms with Crippen molar-refractivity contribution in [3.8, 4) is 11.1 Å². The monoisotopic (exact) mass is 272 g/mol. The van der Waals surface area contributed by atoms with E-state index < -0.39 is 0 Å². The first kappa shape index (κ1) is 13.6. The zero-order valence-corrected chi connectivity index (χ0v) is 12.4. The van der Waals surface area contributed by atoms with Crippen molar-refractivity contribution >= 4 is 5.57 Å². The van der Waals surface area contributed by atoms with Crippen molar-refractivity contribution in [1.82, 2.24) is 0 Å². The summed E-state index contributed by atoms with van der Waals surface area (Å²) in [6.07, 6.45) is 13.0. The van der Waals surface area contributed by atoms with Gasteiger partial charge < -0.3 is 0 Å². The molecule has 0 saturated heterocycles. The highest BCUT2D eigenvalue weighted by atomic mass is 14.1. The van der Waals surface area contributed by atoms with E-state index in [2.05, 4.69) is 85.8 Å². The third-order valence-electron chi connectivity index (χ3n) is 3.79. The van der Waals surface area contributed by atoms with Gasteiger partial charge in [-0.25, -0.2) is 0 Å². The average Bonchev–Trinajstić information content (AvgIpc) is 2.47. The van der Waals surface area contributed by atoms with Crippen LogP contribution in [0.2, 0.25) is 0 Å². The van der Waals surface area contributed by atoms with E-state index in [0.29, 0.717) is 0 Å². The largest absolute Gasteiger partial charge is 0.0842 e. The minimum atomic E-state index is 1.10. The third-order valence-corrected chi connectivity index (χ3v) is 3.79. The lowest BCUT2D eigenvalue weighted by Gasteiger charge is -2.11. The van der Waals surface area contributed by atoms with Crippen LogP contribution < -0.4 is 0 Å². The molecule has 3 rings (SSSR count). The van der Waals surface area contributed by atoms with Crippen LogP contribution >= 0.6 is 0 Å². The molecule has 2 aromatic rings. The van der Waals surface area contributed by atoms with Crippen LogP contribution in [-0.2, 0) is 0 Å². The minimum Gasteiger partial charge on any atom is -0.0842 e. The number of hydrogen-bond acceptors (Lipinski definition) is 0. The van der Waals surface area contributed by atoms with E-state index in [0.717, 1.165) is 12.8 Å². The SMILES string of the molecule is Cc1cc(/C2=C/C=C\C=C/CC2)cc(-c2ccccc2)c1. The molecule has 0 saturated carbocycles. The smallest absolute Gasteiger partial charge is 0.0175 e. The molecular weight excluding hydrogens is 252 g/mol. The molecule has 1 aliphatic carbocycles. The highest BCUT2D eigenvalue weighted by Gasteiger charge is 2.05. The Kier molecular flexibility index (Phi) is 4.16. The van der Waals surface area contributed by atoms with Crippen molar-refractivity contribution in [2.75, 3.05) is 0 Å². The molecule has 0 spiro atoms. The first-order valence-corrected chi connectivity index (χ1v) is 7.53. The second-order valence-electron chi connectivity index (χ2n) is 5.50. The van der Waals surface area contributed by atoms with Crippen LogP contribution in [0, 0.1) is 6.92 Å². The molecule has 0 atom stereocenters. The number of benzene rings is 2. The van der Waals surface area contributed by atoms with Crippen LogP contribution in [0.25, 0.3) is 16.7 Å². The lowest BCUT2D eigenvalue weighted by atomic mass is 9.93. The van der Waals surface area contributed by atoms with Crippen molar-refractivity contribution in [3.05, 3.63) is 90.0 Å². The zero-order chi connectivity index (χ0) is 14.5. The highest BCUT2D eigenvalue weighted by Crippen LogP contribution is 2.28. The van der Waals surface area contributed by atoms with Gasteiger partial charge in [0.2, 0.25) is 0 Å². The van der Waals surface area contributed by atoms with E-state index in [1.54, 1.807) is 0 Å². The van der Waals surface area contributed by atoms with Gasteiger partial charge in [-0.2, -0.15) is 0 Å². The normalized spacial score (nSPS) is 20.0. The maximum atomic E-state index is 2.31. The molecule has 1 aliphatic rings. The zero-order valence-electron chi connectivity index (χ0n) is 12.4. The Balaban J connectivity index is 2.02. The molecule has 0 nitrogen and oxygen atoms in total. The number of aryl methyl sites for hydroxylation is 1. The molecule has 21 heavy (non-hydrogen) atoms. The van der Waals surface area contributed by atoms with Crippen molar-refractivity contribution in [3.63, 3.8) is 0 Å². The molecule has 0 heterocycles. The molecule has 0 aromatic heterocycles. The summed E-state index contributed by atoms with van der Waals surface area (Å²) >= 11 is 0. The summed E-state index contributed by atoms with van der Waals surface area (Å²) in [5.41, 5.74) is 6.65. The van der Waals surface area contributed by atoms with Gasteiger partial charge in [0, 0.05) is 0 Å². The van der Waals surface area contributed by atoms with Gasteiger partial charge in [-0.15, -0.1) is 0 Å². The van der Waals surface area contributed by atoms with Gasteiger partial charge in [0.15, 0.2) is 0 Å². The van der Waals surface area contributed by atoms with Crippen molar-refractivity contribution < 1.29 is 0 Å². The molecule has 0 heteroatoms. The molecule has 104 valence electrons. The lowest BCUT2D eigenvalue weighted by Crippen LogP contribution is -1.89. The Bertz CT molecular complexity index is 700. The first-order chi connectivity index (χ1) is 10.3. The third kappa shape index (κ3) is 3.41. The van der Waals surface area contributed by atoms with Gasteiger partial charge in [-0.1, -0.05) is 72.8 Å². The van der Waals surface area contributed by atoms with Gasteiger partial charge in [-0.05, 0) is 53.7 Å². The van der Waals surface area contributed by atoms with Gasteiger partial charge >= 0.3 is 0 Å². The first-order valence-electron chi connectivity index (χ1n) is 7.53. The second-order valence-corrected chi connectivity index (χ2v) is 5.50. The van der Waals surface area contributed by atoms with Gasteiger partial charge in [-0.3, -0.25) is 0 Å². The topological polar surface area (TPSA) is 0 Å². The fraction of sp³-hybridized carbons (Fsp3) is 0.143. The molecule has 0 radical (unpaired) electrons. The molecule has 0 aliphatic heterocycles. The van der Waals surface area contributed by atoms with Crippen molar-refractivity contribution in [1.29, 1.82) is 0 Å². The van der Waals surface area contributed by atoms with E-state index in [9.17, 15) is 0 Å². The number of allylic oxidation sites excluding steroid dienone is 6. The van der Waals surface area contributed by atoms with E-state index in [1.807, 2.05) is 0 Å². The highest BCUT2D eigenvalue weighted by molar-refractivity contribution is 5.74. The maximum Gasteiger partial charge on any atom is -0.0175 e. The summed E-state index contributed by atoms with van der Waals surface area (Å²) in [6.45, 7) is 2.18. The van der Waals surface area contributed by atoms with Crippen LogP contribution in [0.4, 0.5) is 0 Å². The molecule has 0 bridgehead atoms. The number of hydrogen-bond donors (Lipinski definition) is 0. The molecule has 0 N–H and O–H groups in total. The van der Waals surface area contributed by atoms with E-state index in [-0.39, 0.29) is 0 Å². The van der Waals surface area contributed by atoms with Gasteiger partial charge in [0.1, 0.15) is 0 Å². The molecule has 0 unspecified atom stereocenters. The standard InChI is InChI=1S/C21H20/c1-17-14-20(18-10-6-3-2-4-7-11-18)16-21(15-17)19-12-8-5-9-13-19/h2-6,8-10,12-16H,7,11H2,1H3/b4-2-,6-3-,18-10+. The van der Waals surface area contributed by atoms with Crippen LogP contribution in [-0.4, -0.2) is 0 Å². The fourth-order valence-corrected chi connectivity index (χ4v) is 2.74. The van der Waals surface area contributed by atoms with Crippen LogP contribution in [0.1, 0.15) is 24.0 Å². The van der Waals surface area contributed by atoms with E-state index >= 15 is 0 Å². The molecule has 0 amide bonds. The molecule has 0 fully saturated rings. The second kappa shape index (κ2) is 6.41. The van der Waals surface area contributed by atoms with Crippen molar-refractivity contribution in [2.45, 2.75) is 19.8 Å². The predicted molar refractivity (Wildman–Crippen MR) is 92.1 cm³/mol. The van der Waals surface area contributed by atoms with Crippen LogP contribution in [0.5, 0.6) is 0 Å². The predicted octanol–water partition coefficient (Wildman–Crippen LogP) is 5.95. The molecule has 2 aromatic carbocycles. The fourth-order valence-electron chi connectivity index (χ4n) is 2.74. The summed E-state index contributed by atoms with van der Waals surface area (Å²) in [5, 5.41) is 0. The Labute approximate surface area is 127 Å². The minimum absolute atomic E-state index is 1.10. The van der Waals surface area contributed by atoms with Gasteiger partial charge in [0.25, 0.3) is 0 Å². The quantitative estimate of drug-likeness (QED) is 0.633. The van der Waals surface area contributed by atoms with Crippen molar-refractivity contribution in [2.24, 2.45) is 0 Å². The Morgan fingerprint density at radius 3 is 2.43 bits per heavy atom. The lowest BCUT2D eigenvalue weighted by molar-refractivity contribution is 1.07. The Hall–Kier alpha value is -2.34. The van der Waals surface area contributed by atoms with Crippen LogP contribution in [0.15, 0.2) is 78.9 Å². The summed E-state index contributed by atoms with van der Waals surface area (Å²) < 4.78 is 0. The Morgan fingerprint density at radius 2 is 1.57 bits per heavy atom. The van der Waals surface area contributed by atoms with E-state index in [1.165, 1.54) is 27.8 Å². The average molecular weight is 272 g/mol. The summed E-state index contributed by atoms with van der Waals surface area (Å²) in [4.78, 5) is 0. The van der Waals surface area contributed by atoms with E-state index in [4.69, 9.17) is 0 Å². The van der Waals surface area contributed by atoms with Gasteiger partial charge in [0.05, 0.1) is 0 Å². The molecular formula is C21H20. The van der Waals surface area contributed by atoms with Crippen LogP contribution in [0.3, 0.4) is 0 Å². The Morgan fingerprint density at radius 1 is 0.762 bits per heavy atom. The summed E-state index contributed by atoms with van der Waals surface area (Å²) in [5.74, 6) is 0. The summed E-state index contributed by atoms with van der Waals surface area (Å²) in [6, 6.07) is 17.5. The number of rotatable bonds is 2. The maximum absolute atomic E-state index is 2.31. The summed E-state index contributed by atoms with van der Waals surface area (Å²) in [7, 11) is 0.